The first-order valence-corrected chi connectivity index (χ1v) is 12.2. The van der Waals surface area contributed by atoms with Crippen LogP contribution in [0.2, 0.25) is 0 Å². The lowest BCUT2D eigenvalue weighted by Gasteiger charge is -2.24. The lowest BCUT2D eigenvalue weighted by Crippen LogP contribution is -2.38. The molecular weight excluding hydrogens is 482 g/mol. The second kappa shape index (κ2) is 10.7. The Bertz CT molecular complexity index is 1460. The summed E-state index contributed by atoms with van der Waals surface area (Å²) in [6, 6.07) is 28.4. The Labute approximate surface area is 207 Å². The Kier molecular flexibility index (Phi) is 7.26. The van der Waals surface area contributed by atoms with Crippen molar-refractivity contribution >= 4 is 33.0 Å². The van der Waals surface area contributed by atoms with E-state index in [9.17, 15) is 23.3 Å². The van der Waals surface area contributed by atoms with Crippen LogP contribution in [-0.2, 0) is 14.8 Å². The molecule has 0 aliphatic rings. The minimum Gasteiger partial charge on any atom is -0.455 e. The fraction of sp³-hybridized carbons (Fsp3) is 0.0385. The minimum absolute atomic E-state index is 0.0241. The highest BCUT2D eigenvalue weighted by Crippen LogP contribution is 2.30. The van der Waals surface area contributed by atoms with Gasteiger partial charge in [0, 0.05) is 12.1 Å². The zero-order chi connectivity index (χ0) is 25.5. The number of sulfonamides is 1. The molecule has 1 N–H and O–H groups in total. The molecule has 182 valence electrons. The molecule has 0 atom stereocenters. The number of benzene rings is 4. The first-order valence-electron chi connectivity index (χ1n) is 10.8. The molecule has 4 aromatic carbocycles. The average Bonchev–Trinajstić information content (AvgIpc) is 2.89. The second-order valence-corrected chi connectivity index (χ2v) is 9.42. The normalized spacial score (nSPS) is 10.9. The van der Waals surface area contributed by atoms with Crippen molar-refractivity contribution in [1.29, 1.82) is 0 Å². The third-order valence-electron chi connectivity index (χ3n) is 5.10. The van der Waals surface area contributed by atoms with Gasteiger partial charge in [0.1, 0.15) is 12.3 Å². The van der Waals surface area contributed by atoms with Crippen molar-refractivity contribution in [1.82, 2.24) is 0 Å². The number of nitro benzene ring substituents is 1. The van der Waals surface area contributed by atoms with Gasteiger partial charge in [-0.25, -0.2) is 8.42 Å². The monoisotopic (exact) mass is 503 g/mol. The Morgan fingerprint density at radius 2 is 1.42 bits per heavy atom. The van der Waals surface area contributed by atoms with E-state index in [1.54, 1.807) is 54.6 Å². The molecule has 1 amide bonds. The molecule has 0 heterocycles. The minimum atomic E-state index is -4.16. The van der Waals surface area contributed by atoms with Crippen LogP contribution >= 0.6 is 0 Å². The van der Waals surface area contributed by atoms with Crippen molar-refractivity contribution in [3.8, 4) is 11.5 Å². The van der Waals surface area contributed by atoms with Gasteiger partial charge in [0.25, 0.3) is 15.7 Å². The summed E-state index contributed by atoms with van der Waals surface area (Å²) >= 11 is 0. The average molecular weight is 504 g/mol. The summed E-state index contributed by atoms with van der Waals surface area (Å²) in [7, 11) is -4.16. The number of hydrogen-bond donors (Lipinski definition) is 1. The van der Waals surface area contributed by atoms with Crippen LogP contribution in [0, 0.1) is 10.1 Å². The number of anilines is 2. The highest BCUT2D eigenvalue weighted by atomic mass is 32.2. The van der Waals surface area contributed by atoms with Crippen LogP contribution in [0.3, 0.4) is 0 Å². The molecule has 0 saturated carbocycles. The third-order valence-corrected chi connectivity index (χ3v) is 6.89. The predicted molar refractivity (Wildman–Crippen MR) is 136 cm³/mol. The Hall–Kier alpha value is -4.70. The zero-order valence-electron chi connectivity index (χ0n) is 18.9. The SMILES string of the molecule is O=C(CN(c1ccc([N+](=O)[O-])cc1)S(=O)(=O)c1ccccc1)Nc1ccccc1Oc1ccccc1. The molecule has 0 aromatic heterocycles. The van der Waals surface area contributed by atoms with Crippen LogP contribution in [-0.4, -0.2) is 25.8 Å². The second-order valence-electron chi connectivity index (χ2n) is 7.56. The van der Waals surface area contributed by atoms with Gasteiger partial charge in [0.05, 0.1) is 21.2 Å². The molecule has 0 aliphatic carbocycles. The van der Waals surface area contributed by atoms with Gasteiger partial charge in [-0.2, -0.15) is 0 Å². The molecule has 0 bridgehead atoms. The van der Waals surface area contributed by atoms with E-state index in [-0.39, 0.29) is 16.3 Å². The van der Waals surface area contributed by atoms with Crippen LogP contribution < -0.4 is 14.4 Å². The van der Waals surface area contributed by atoms with Crippen LogP contribution in [0.5, 0.6) is 11.5 Å². The standard InChI is InChI=1S/C26H21N3O6S/c30-26(27-24-13-7-8-14-25(24)35-22-9-3-1-4-10-22)19-28(20-15-17-21(18-16-20)29(31)32)36(33,34)23-11-5-2-6-12-23/h1-18H,19H2,(H,27,30). The number of carbonyl (C=O) groups excluding carboxylic acids is 1. The number of ether oxygens (including phenoxy) is 1. The third kappa shape index (κ3) is 5.68. The van der Waals surface area contributed by atoms with Crippen molar-refractivity contribution < 1.29 is 22.9 Å². The molecule has 0 unspecified atom stereocenters. The summed E-state index contributed by atoms with van der Waals surface area (Å²) < 4.78 is 33.6. The maximum Gasteiger partial charge on any atom is 0.269 e. The largest absolute Gasteiger partial charge is 0.455 e. The number of para-hydroxylation sites is 3. The van der Waals surface area contributed by atoms with Crippen LogP contribution in [0.1, 0.15) is 0 Å². The number of hydrogen-bond acceptors (Lipinski definition) is 6. The van der Waals surface area contributed by atoms with Crippen LogP contribution in [0.4, 0.5) is 17.1 Å². The summed E-state index contributed by atoms with van der Waals surface area (Å²) in [4.78, 5) is 23.5. The van der Waals surface area contributed by atoms with Gasteiger partial charge in [0.15, 0.2) is 5.75 Å². The molecule has 0 saturated heterocycles. The molecule has 10 heteroatoms. The van der Waals surface area contributed by atoms with E-state index in [1.807, 2.05) is 18.2 Å². The zero-order valence-corrected chi connectivity index (χ0v) is 19.7. The van der Waals surface area contributed by atoms with Gasteiger partial charge in [-0.15, -0.1) is 0 Å². The quantitative estimate of drug-likeness (QED) is 0.247. The highest BCUT2D eigenvalue weighted by molar-refractivity contribution is 7.92. The van der Waals surface area contributed by atoms with Crippen molar-refractivity contribution in [2.24, 2.45) is 0 Å². The lowest BCUT2D eigenvalue weighted by molar-refractivity contribution is -0.384. The van der Waals surface area contributed by atoms with Gasteiger partial charge in [-0.05, 0) is 48.5 Å². The van der Waals surface area contributed by atoms with Gasteiger partial charge in [-0.1, -0.05) is 48.5 Å². The number of rotatable bonds is 9. The number of amides is 1. The lowest BCUT2D eigenvalue weighted by atomic mass is 10.2. The molecule has 4 rings (SSSR count). The number of nitro groups is 1. The fourth-order valence-electron chi connectivity index (χ4n) is 3.37. The maximum absolute atomic E-state index is 13.4. The van der Waals surface area contributed by atoms with E-state index in [0.29, 0.717) is 17.2 Å². The first-order chi connectivity index (χ1) is 17.3. The molecule has 36 heavy (non-hydrogen) atoms. The number of carbonyl (C=O) groups is 1. The molecular formula is C26H21N3O6S. The van der Waals surface area contributed by atoms with E-state index in [2.05, 4.69) is 5.32 Å². The summed E-state index contributed by atoms with van der Waals surface area (Å²) in [5.41, 5.74) is 0.257. The summed E-state index contributed by atoms with van der Waals surface area (Å²) in [5, 5.41) is 13.7. The van der Waals surface area contributed by atoms with E-state index >= 15 is 0 Å². The highest BCUT2D eigenvalue weighted by Gasteiger charge is 2.28. The van der Waals surface area contributed by atoms with Crippen LogP contribution in [0.25, 0.3) is 0 Å². The van der Waals surface area contributed by atoms with E-state index in [1.165, 1.54) is 36.4 Å². The molecule has 4 aromatic rings. The first kappa shape index (κ1) is 24.4. The molecule has 0 fully saturated rings. The van der Waals surface area contributed by atoms with Crippen LogP contribution in [0.15, 0.2) is 114 Å². The maximum atomic E-state index is 13.4. The van der Waals surface area contributed by atoms with Crippen molar-refractivity contribution in [2.45, 2.75) is 4.90 Å². The summed E-state index contributed by atoms with van der Waals surface area (Å²) in [6.07, 6.45) is 0. The summed E-state index contributed by atoms with van der Waals surface area (Å²) in [5.74, 6) is 0.320. The Morgan fingerprint density at radius 3 is 2.06 bits per heavy atom. The Morgan fingerprint density at radius 1 is 0.833 bits per heavy atom. The van der Waals surface area contributed by atoms with Gasteiger partial charge < -0.3 is 10.1 Å². The number of nitrogens with one attached hydrogen (secondary N) is 1. The fourth-order valence-corrected chi connectivity index (χ4v) is 4.81. The van der Waals surface area contributed by atoms with Gasteiger partial charge >= 0.3 is 0 Å². The van der Waals surface area contributed by atoms with E-state index < -0.39 is 27.4 Å². The smallest absolute Gasteiger partial charge is 0.269 e. The van der Waals surface area contributed by atoms with Gasteiger partial charge in [0.2, 0.25) is 5.91 Å². The van der Waals surface area contributed by atoms with Crippen molar-refractivity contribution in [3.63, 3.8) is 0 Å². The summed E-state index contributed by atoms with van der Waals surface area (Å²) in [6.45, 7) is -0.575. The number of nitrogens with zero attached hydrogens (tertiary/aromatic N) is 2. The topological polar surface area (TPSA) is 119 Å². The van der Waals surface area contributed by atoms with Gasteiger partial charge in [-0.3, -0.25) is 19.2 Å². The van der Waals surface area contributed by atoms with E-state index in [0.717, 1.165) is 4.31 Å². The van der Waals surface area contributed by atoms with E-state index in [4.69, 9.17) is 4.74 Å². The predicted octanol–water partition coefficient (Wildman–Crippen LogP) is 5.22. The van der Waals surface area contributed by atoms with Crippen molar-refractivity contribution in [3.05, 3.63) is 119 Å². The Balaban J connectivity index is 1.62. The molecule has 9 nitrogen and oxygen atoms in total. The number of non-ortho nitro benzene ring substituents is 1. The molecule has 0 spiro atoms. The molecule has 0 aliphatic heterocycles. The molecule has 0 radical (unpaired) electrons. The van der Waals surface area contributed by atoms with Crippen molar-refractivity contribution in [2.75, 3.05) is 16.2 Å².